The summed E-state index contributed by atoms with van der Waals surface area (Å²) in [6.45, 7) is -0.0189. The molecule has 1 N–H and O–H groups in total. The molecule has 2 aromatic carbocycles. The van der Waals surface area contributed by atoms with E-state index in [1.807, 2.05) is 18.2 Å². The molecule has 1 atom stereocenters. The van der Waals surface area contributed by atoms with Gasteiger partial charge in [0, 0.05) is 12.1 Å². The number of carbonyl (C=O) groups excluding carboxylic acids is 1. The molecule has 1 aliphatic heterocycles. The maximum atomic E-state index is 13.2. The Hall–Kier alpha value is -2.67. The van der Waals surface area contributed by atoms with Gasteiger partial charge in [-0.15, -0.1) is 0 Å². The van der Waals surface area contributed by atoms with Crippen molar-refractivity contribution < 1.29 is 23.1 Å². The molecule has 1 amide bonds. The molecule has 0 saturated carbocycles. The molecule has 7 heteroatoms. The Kier molecular flexibility index (Phi) is 4.34. The second-order valence-electron chi connectivity index (χ2n) is 5.66. The van der Waals surface area contributed by atoms with Crippen LogP contribution in [0.2, 0.25) is 0 Å². The lowest BCUT2D eigenvalue weighted by Gasteiger charge is -2.23. The zero-order valence-corrected chi connectivity index (χ0v) is 13.1. The van der Waals surface area contributed by atoms with Gasteiger partial charge in [-0.05, 0) is 12.0 Å². The van der Waals surface area contributed by atoms with E-state index >= 15 is 0 Å². The van der Waals surface area contributed by atoms with Gasteiger partial charge in [0.25, 0.3) is 5.91 Å². The average Bonchev–Trinajstić information content (AvgIpc) is 2.87. The van der Waals surface area contributed by atoms with Gasteiger partial charge in [-0.2, -0.15) is 13.2 Å². The Morgan fingerprint density at radius 1 is 1.00 bits per heavy atom. The number of nitrogens with zero attached hydrogens (tertiary/aromatic N) is 2. The van der Waals surface area contributed by atoms with Crippen LogP contribution in [0.5, 0.6) is 0 Å². The van der Waals surface area contributed by atoms with Crippen molar-refractivity contribution in [2.45, 2.75) is 18.3 Å². The number of hydrogen-bond donors (Lipinski definition) is 1. The number of aliphatic hydroxyl groups is 1. The number of hydrogen-bond acceptors (Lipinski definition) is 3. The molecular weight excluding hydrogens is 333 g/mol. The molecule has 130 valence electrons. The van der Waals surface area contributed by atoms with Crippen molar-refractivity contribution in [1.82, 2.24) is 4.90 Å². The van der Waals surface area contributed by atoms with Gasteiger partial charge in [-0.3, -0.25) is 9.69 Å². The molecule has 0 spiro atoms. The fourth-order valence-electron chi connectivity index (χ4n) is 2.63. The van der Waals surface area contributed by atoms with E-state index in [1.54, 1.807) is 42.5 Å². The van der Waals surface area contributed by atoms with Crippen molar-refractivity contribution in [3.8, 4) is 0 Å². The summed E-state index contributed by atoms with van der Waals surface area (Å²) in [7, 11) is 0. The third kappa shape index (κ3) is 3.15. The molecule has 0 aromatic heterocycles. The summed E-state index contributed by atoms with van der Waals surface area (Å²) >= 11 is 0. The third-order valence-electron chi connectivity index (χ3n) is 3.96. The zero-order chi connectivity index (χ0) is 18.1. The normalized spacial score (nSPS) is 20.7. The van der Waals surface area contributed by atoms with Crippen molar-refractivity contribution in [2.24, 2.45) is 4.99 Å². The number of alkyl halides is 3. The summed E-state index contributed by atoms with van der Waals surface area (Å²) in [5, 5.41) is 9.89. The summed E-state index contributed by atoms with van der Waals surface area (Å²) in [4.78, 5) is 16.6. The van der Waals surface area contributed by atoms with E-state index in [2.05, 4.69) is 4.99 Å². The fourth-order valence-corrected chi connectivity index (χ4v) is 2.63. The van der Waals surface area contributed by atoms with Gasteiger partial charge in [0.05, 0.1) is 0 Å². The van der Waals surface area contributed by atoms with E-state index in [-0.39, 0.29) is 12.4 Å². The van der Waals surface area contributed by atoms with Crippen molar-refractivity contribution >= 4 is 11.7 Å². The molecule has 0 saturated heterocycles. The van der Waals surface area contributed by atoms with E-state index in [0.717, 1.165) is 10.5 Å². The Labute approximate surface area is 142 Å². The number of carbonyl (C=O) groups is 1. The van der Waals surface area contributed by atoms with E-state index in [1.165, 1.54) is 0 Å². The monoisotopic (exact) mass is 348 g/mol. The quantitative estimate of drug-likeness (QED) is 0.924. The van der Waals surface area contributed by atoms with Crippen LogP contribution in [0.15, 0.2) is 65.7 Å². The maximum absolute atomic E-state index is 13.2. The maximum Gasteiger partial charge on any atom is 0.448 e. The summed E-state index contributed by atoms with van der Waals surface area (Å²) in [6.07, 6.45) is -4.85. The number of rotatable bonds is 4. The molecule has 25 heavy (non-hydrogen) atoms. The first-order valence-electron chi connectivity index (χ1n) is 7.63. The Morgan fingerprint density at radius 3 is 2.12 bits per heavy atom. The number of benzene rings is 2. The topological polar surface area (TPSA) is 52.9 Å². The first-order chi connectivity index (χ1) is 11.8. The first-order valence-corrected chi connectivity index (χ1v) is 7.63. The van der Waals surface area contributed by atoms with E-state index in [4.69, 9.17) is 0 Å². The molecule has 4 nitrogen and oxygen atoms in total. The minimum atomic E-state index is -5.19. The van der Waals surface area contributed by atoms with Crippen LogP contribution in [-0.2, 0) is 11.2 Å². The van der Waals surface area contributed by atoms with Crippen molar-refractivity contribution in [2.75, 3.05) is 6.54 Å². The first kappa shape index (κ1) is 17.2. The van der Waals surface area contributed by atoms with Crippen molar-refractivity contribution in [3.05, 3.63) is 71.8 Å². The lowest BCUT2D eigenvalue weighted by molar-refractivity contribution is -0.248. The van der Waals surface area contributed by atoms with Gasteiger partial charge in [-0.25, -0.2) is 4.99 Å². The van der Waals surface area contributed by atoms with Crippen LogP contribution in [0.25, 0.3) is 0 Å². The molecule has 0 aliphatic carbocycles. The second-order valence-corrected chi connectivity index (χ2v) is 5.66. The van der Waals surface area contributed by atoms with Gasteiger partial charge >= 0.3 is 11.9 Å². The highest BCUT2D eigenvalue weighted by Crippen LogP contribution is 2.38. The summed E-state index contributed by atoms with van der Waals surface area (Å²) in [5.74, 6) is -1.66. The molecule has 0 fully saturated rings. The fraction of sp³-hybridized carbons (Fsp3) is 0.222. The Bertz CT molecular complexity index is 791. The largest absolute Gasteiger partial charge is 0.448 e. The molecule has 1 heterocycles. The predicted molar refractivity (Wildman–Crippen MR) is 85.8 cm³/mol. The second kappa shape index (κ2) is 6.33. The van der Waals surface area contributed by atoms with E-state index in [9.17, 15) is 23.1 Å². The van der Waals surface area contributed by atoms with Crippen LogP contribution in [0.1, 0.15) is 11.1 Å². The van der Waals surface area contributed by atoms with Crippen LogP contribution in [0.3, 0.4) is 0 Å². The Morgan fingerprint density at radius 2 is 1.56 bits per heavy atom. The molecule has 2 aromatic rings. The van der Waals surface area contributed by atoms with Crippen LogP contribution in [0.4, 0.5) is 13.2 Å². The van der Waals surface area contributed by atoms with Crippen molar-refractivity contribution in [1.29, 1.82) is 0 Å². The number of aliphatic imine (C=N–C) groups is 1. The summed E-state index contributed by atoms with van der Waals surface area (Å²) in [5.41, 5.74) is -2.54. The highest BCUT2D eigenvalue weighted by molar-refractivity contribution is 6.14. The van der Waals surface area contributed by atoms with Crippen LogP contribution in [0, 0.1) is 0 Å². The molecular formula is C18H15F3N2O2. The summed E-state index contributed by atoms with van der Waals surface area (Å²) < 4.78 is 39.6. The van der Waals surface area contributed by atoms with Crippen molar-refractivity contribution in [3.63, 3.8) is 0 Å². The Balaban J connectivity index is 1.94. The predicted octanol–water partition coefficient (Wildman–Crippen LogP) is 2.77. The molecule has 0 radical (unpaired) electrons. The van der Waals surface area contributed by atoms with Crippen LogP contribution >= 0.6 is 0 Å². The minimum absolute atomic E-state index is 0.0189. The van der Waals surface area contributed by atoms with Gasteiger partial charge in [0.2, 0.25) is 0 Å². The summed E-state index contributed by atoms with van der Waals surface area (Å²) in [6, 6.07) is 17.1. The van der Waals surface area contributed by atoms with Gasteiger partial charge in [0.15, 0.2) is 0 Å². The number of amides is 1. The molecule has 0 unspecified atom stereocenters. The van der Waals surface area contributed by atoms with Crippen LogP contribution in [-0.4, -0.2) is 40.2 Å². The van der Waals surface area contributed by atoms with E-state index < -0.39 is 17.8 Å². The molecule has 3 rings (SSSR count). The zero-order valence-electron chi connectivity index (χ0n) is 13.1. The van der Waals surface area contributed by atoms with Gasteiger partial charge < -0.3 is 5.11 Å². The van der Waals surface area contributed by atoms with Gasteiger partial charge in [0.1, 0.15) is 5.84 Å². The standard InChI is InChI=1S/C18H15F3N2O2/c19-18(20,21)17(25)16(24)23(12-11-13-7-3-1-4-8-13)15(22-17)14-9-5-2-6-10-14/h1-10,25H,11-12H2/t17-/m1/s1. The van der Waals surface area contributed by atoms with Gasteiger partial charge in [-0.1, -0.05) is 60.7 Å². The SMILES string of the molecule is O=C1N(CCc2ccccc2)C(c2ccccc2)=N[C@]1(O)C(F)(F)F. The van der Waals surface area contributed by atoms with E-state index in [0.29, 0.717) is 12.0 Å². The number of amidine groups is 1. The average molecular weight is 348 g/mol. The highest BCUT2D eigenvalue weighted by atomic mass is 19.4. The molecule has 0 bridgehead atoms. The minimum Gasteiger partial charge on any atom is -0.355 e. The number of halogens is 3. The lowest BCUT2D eigenvalue weighted by atomic mass is 10.1. The smallest absolute Gasteiger partial charge is 0.355 e. The third-order valence-corrected chi connectivity index (χ3v) is 3.96. The highest BCUT2D eigenvalue weighted by Gasteiger charge is 2.65. The molecule has 1 aliphatic rings. The van der Waals surface area contributed by atoms with Crippen LogP contribution < -0.4 is 0 Å². The lowest BCUT2D eigenvalue weighted by Crippen LogP contribution is -2.52.